The fourth-order valence-corrected chi connectivity index (χ4v) is 1.93. The van der Waals surface area contributed by atoms with Crippen molar-refractivity contribution in [1.82, 2.24) is 4.90 Å². The number of hydrogen-bond acceptors (Lipinski definition) is 3. The van der Waals surface area contributed by atoms with Gasteiger partial charge in [-0.05, 0) is 38.5 Å². The van der Waals surface area contributed by atoms with Gasteiger partial charge in [0, 0.05) is 13.1 Å². The second-order valence-electron chi connectivity index (χ2n) is 4.44. The molecule has 0 heterocycles. The van der Waals surface area contributed by atoms with Crippen LogP contribution in [0, 0.1) is 0 Å². The molecule has 0 atom stereocenters. The van der Waals surface area contributed by atoms with Crippen LogP contribution in [-0.2, 0) is 6.54 Å². The Hall–Kier alpha value is -1.32. The maximum Gasteiger partial charge on any atom is 0.387 e. The maximum atomic E-state index is 12.3. The molecule has 8 heteroatoms. The number of aliphatic imine (C=N–C) groups is 1. The van der Waals surface area contributed by atoms with Crippen LogP contribution in [0.25, 0.3) is 0 Å². The number of nitrogens with two attached hydrogens (primary N) is 1. The number of guanidine groups is 1. The molecule has 1 aromatic carbocycles. The highest BCUT2D eigenvalue weighted by Crippen LogP contribution is 2.30. The molecule has 5 nitrogen and oxygen atoms in total. The summed E-state index contributed by atoms with van der Waals surface area (Å²) in [6, 6.07) is 4.76. The zero-order valence-corrected chi connectivity index (χ0v) is 15.9. The molecule has 0 bridgehead atoms. The Morgan fingerprint density at radius 2 is 1.87 bits per heavy atom. The summed E-state index contributed by atoms with van der Waals surface area (Å²) in [5, 5.41) is 0. The Kier molecular flexibility index (Phi) is 10.6. The Morgan fingerprint density at radius 1 is 1.22 bits per heavy atom. The normalized spacial score (nSPS) is 11.1. The van der Waals surface area contributed by atoms with Crippen LogP contribution in [0.1, 0.15) is 26.3 Å². The average molecular weight is 443 g/mol. The van der Waals surface area contributed by atoms with Gasteiger partial charge in [0.2, 0.25) is 0 Å². The highest BCUT2D eigenvalue weighted by Gasteiger charge is 2.11. The Morgan fingerprint density at radius 3 is 2.39 bits per heavy atom. The highest BCUT2D eigenvalue weighted by atomic mass is 127. The van der Waals surface area contributed by atoms with Crippen molar-refractivity contribution < 1.29 is 18.3 Å². The van der Waals surface area contributed by atoms with Crippen LogP contribution in [0.5, 0.6) is 11.5 Å². The third-order valence-electron chi connectivity index (χ3n) is 3.04. The molecule has 1 aromatic rings. The van der Waals surface area contributed by atoms with Gasteiger partial charge >= 0.3 is 6.61 Å². The fraction of sp³-hybridized carbons (Fsp3) is 0.533. The number of nitrogens with zero attached hydrogens (tertiary/aromatic N) is 2. The lowest BCUT2D eigenvalue weighted by atomic mass is 10.2. The predicted molar refractivity (Wildman–Crippen MR) is 97.9 cm³/mol. The van der Waals surface area contributed by atoms with Crippen LogP contribution in [0.3, 0.4) is 0 Å². The van der Waals surface area contributed by atoms with Crippen LogP contribution in [0.4, 0.5) is 8.78 Å². The van der Waals surface area contributed by atoms with Crippen molar-refractivity contribution in [2.24, 2.45) is 10.7 Å². The summed E-state index contributed by atoms with van der Waals surface area (Å²) in [6.45, 7) is 5.13. The van der Waals surface area contributed by atoms with Gasteiger partial charge in [-0.25, -0.2) is 4.99 Å². The molecule has 0 aliphatic carbocycles. The molecule has 0 amide bonds. The zero-order chi connectivity index (χ0) is 16.5. The van der Waals surface area contributed by atoms with Crippen molar-refractivity contribution in [3.05, 3.63) is 23.8 Å². The highest BCUT2D eigenvalue weighted by molar-refractivity contribution is 14.0. The van der Waals surface area contributed by atoms with E-state index in [4.69, 9.17) is 10.5 Å². The van der Waals surface area contributed by atoms with Gasteiger partial charge in [0.15, 0.2) is 17.5 Å². The summed E-state index contributed by atoms with van der Waals surface area (Å²) in [5.74, 6) is 0.745. The van der Waals surface area contributed by atoms with Crippen LogP contribution < -0.4 is 15.2 Å². The molecule has 0 spiro atoms. The maximum absolute atomic E-state index is 12.3. The minimum atomic E-state index is -2.89. The van der Waals surface area contributed by atoms with E-state index in [0.717, 1.165) is 18.7 Å². The van der Waals surface area contributed by atoms with E-state index in [1.807, 2.05) is 18.7 Å². The van der Waals surface area contributed by atoms with E-state index < -0.39 is 6.61 Å². The molecule has 0 saturated carbocycles. The summed E-state index contributed by atoms with van der Waals surface area (Å²) in [4.78, 5) is 6.23. The lowest BCUT2D eigenvalue weighted by Crippen LogP contribution is -2.37. The number of alkyl halides is 2. The summed E-state index contributed by atoms with van der Waals surface area (Å²) < 4.78 is 34.4. The summed E-state index contributed by atoms with van der Waals surface area (Å²) in [5.41, 5.74) is 6.71. The molecular weight excluding hydrogens is 419 g/mol. The molecule has 1 rings (SSSR count). The minimum Gasteiger partial charge on any atom is -0.490 e. The van der Waals surface area contributed by atoms with Gasteiger partial charge in [0.05, 0.1) is 13.2 Å². The molecule has 0 aromatic heterocycles. The van der Waals surface area contributed by atoms with Crippen molar-refractivity contribution in [3.63, 3.8) is 0 Å². The van der Waals surface area contributed by atoms with Crippen LogP contribution in [0.15, 0.2) is 23.2 Å². The average Bonchev–Trinajstić information content (AvgIpc) is 2.48. The van der Waals surface area contributed by atoms with E-state index in [9.17, 15) is 8.78 Å². The number of halogens is 3. The summed E-state index contributed by atoms with van der Waals surface area (Å²) in [7, 11) is 0. The first-order chi connectivity index (χ1) is 10.5. The Labute approximate surface area is 152 Å². The van der Waals surface area contributed by atoms with Gasteiger partial charge in [0.1, 0.15) is 0 Å². The molecule has 0 aliphatic heterocycles. The van der Waals surface area contributed by atoms with E-state index in [2.05, 4.69) is 9.73 Å². The Balaban J connectivity index is 0.00000484. The lowest BCUT2D eigenvalue weighted by Gasteiger charge is -2.19. The fourth-order valence-electron chi connectivity index (χ4n) is 1.93. The lowest BCUT2D eigenvalue weighted by molar-refractivity contribution is -0.0514. The second-order valence-corrected chi connectivity index (χ2v) is 4.44. The summed E-state index contributed by atoms with van der Waals surface area (Å²) >= 11 is 0. The molecule has 132 valence electrons. The summed E-state index contributed by atoms with van der Waals surface area (Å²) in [6.07, 6.45) is 0. The molecule has 0 radical (unpaired) electrons. The van der Waals surface area contributed by atoms with Gasteiger partial charge in [0.25, 0.3) is 0 Å². The van der Waals surface area contributed by atoms with E-state index in [0.29, 0.717) is 19.1 Å². The van der Waals surface area contributed by atoms with Crippen LogP contribution in [-0.4, -0.2) is 37.2 Å². The largest absolute Gasteiger partial charge is 0.490 e. The molecule has 2 N–H and O–H groups in total. The van der Waals surface area contributed by atoms with E-state index in [1.54, 1.807) is 19.1 Å². The zero-order valence-electron chi connectivity index (χ0n) is 13.6. The van der Waals surface area contributed by atoms with Gasteiger partial charge < -0.3 is 20.1 Å². The molecular formula is C15H24F2IN3O2. The van der Waals surface area contributed by atoms with Crippen molar-refractivity contribution in [2.45, 2.75) is 33.9 Å². The van der Waals surface area contributed by atoms with Gasteiger partial charge in [-0.15, -0.1) is 24.0 Å². The second kappa shape index (κ2) is 11.3. The molecule has 0 fully saturated rings. The number of rotatable bonds is 8. The van der Waals surface area contributed by atoms with Crippen molar-refractivity contribution in [2.75, 3.05) is 19.7 Å². The van der Waals surface area contributed by atoms with Gasteiger partial charge in [-0.3, -0.25) is 0 Å². The third-order valence-corrected chi connectivity index (χ3v) is 3.04. The van der Waals surface area contributed by atoms with Gasteiger partial charge in [-0.2, -0.15) is 8.78 Å². The van der Waals surface area contributed by atoms with Gasteiger partial charge in [-0.1, -0.05) is 6.07 Å². The van der Waals surface area contributed by atoms with Crippen LogP contribution in [0.2, 0.25) is 0 Å². The Bertz CT molecular complexity index is 498. The molecule has 23 heavy (non-hydrogen) atoms. The topological polar surface area (TPSA) is 60.1 Å². The molecule has 0 unspecified atom stereocenters. The van der Waals surface area contributed by atoms with E-state index >= 15 is 0 Å². The van der Waals surface area contributed by atoms with Crippen LogP contribution >= 0.6 is 24.0 Å². The first-order valence-electron chi connectivity index (χ1n) is 7.27. The van der Waals surface area contributed by atoms with E-state index in [-0.39, 0.29) is 35.5 Å². The van der Waals surface area contributed by atoms with E-state index in [1.165, 1.54) is 6.07 Å². The number of ether oxygens (including phenoxy) is 2. The smallest absolute Gasteiger partial charge is 0.387 e. The third kappa shape index (κ3) is 7.19. The molecule has 0 saturated heterocycles. The van der Waals surface area contributed by atoms with Crippen molar-refractivity contribution in [3.8, 4) is 11.5 Å². The standard InChI is InChI=1S/C15H23F2N3O2.HI/c1-4-20(5-2)15(18)19-10-11-7-8-12(22-14(16)17)13(9-11)21-6-3;/h7-9,14H,4-6,10H2,1-3H3,(H2,18,19);1H. The first-order valence-corrected chi connectivity index (χ1v) is 7.27. The number of hydrogen-bond donors (Lipinski definition) is 1. The number of benzene rings is 1. The molecule has 0 aliphatic rings. The monoisotopic (exact) mass is 443 g/mol. The van der Waals surface area contributed by atoms with Crippen molar-refractivity contribution in [1.29, 1.82) is 0 Å². The quantitative estimate of drug-likeness (QED) is 0.380. The first kappa shape index (κ1) is 21.7. The van der Waals surface area contributed by atoms with Crippen molar-refractivity contribution >= 4 is 29.9 Å². The predicted octanol–water partition coefficient (Wildman–Crippen LogP) is 3.46. The minimum absolute atomic E-state index is 0. The SMILES string of the molecule is CCOc1cc(CN=C(N)N(CC)CC)ccc1OC(F)F.I.